The third-order valence-corrected chi connectivity index (χ3v) is 3.21. The van der Waals surface area contributed by atoms with Crippen molar-refractivity contribution in [3.63, 3.8) is 0 Å². The Labute approximate surface area is 103 Å². The number of hydrogen-bond acceptors (Lipinski definition) is 3. The number of hydrogen-bond donors (Lipinski definition) is 2. The molecule has 0 amide bonds. The predicted octanol–water partition coefficient (Wildman–Crippen LogP) is 2.87. The van der Waals surface area contributed by atoms with E-state index in [4.69, 9.17) is 9.84 Å². The molecule has 0 radical (unpaired) electrons. The first kappa shape index (κ1) is 11.6. The molecule has 0 saturated carbocycles. The molecule has 0 fully saturated rings. The maximum Gasteiger partial charge on any atom is 0.337 e. The molecular weight excluding hydrogens is 238 g/mol. The van der Waals surface area contributed by atoms with Crippen LogP contribution in [0.4, 0.5) is 0 Å². The second kappa shape index (κ2) is 4.97. The number of aromatic carboxylic acids is 1. The molecule has 2 N–H and O–H groups in total. The molecule has 17 heavy (non-hydrogen) atoms. The lowest BCUT2D eigenvalue weighted by molar-refractivity contribution is 0.0697. The minimum absolute atomic E-state index is 0.252. The lowest BCUT2D eigenvalue weighted by atomic mass is 10.3. The fraction of sp³-hybridized carbons (Fsp3) is 0.0833. The van der Waals surface area contributed by atoms with E-state index in [2.05, 4.69) is 4.98 Å². The second-order valence-electron chi connectivity index (χ2n) is 3.31. The quantitative estimate of drug-likeness (QED) is 0.874. The van der Waals surface area contributed by atoms with Crippen LogP contribution in [0.5, 0.6) is 5.75 Å². The standard InChI is InChI=1S/C12H11NO3S/c1-16-9-4-2-3-5-10(9)17-11-6-8(7-13-11)12(14)15/h2-7,13H,1H3,(H,14,15). The number of methoxy groups -OCH3 is 1. The van der Waals surface area contributed by atoms with Gasteiger partial charge >= 0.3 is 5.97 Å². The van der Waals surface area contributed by atoms with Crippen LogP contribution in [0.25, 0.3) is 0 Å². The third-order valence-electron chi connectivity index (χ3n) is 2.19. The van der Waals surface area contributed by atoms with Gasteiger partial charge in [0.1, 0.15) is 5.75 Å². The van der Waals surface area contributed by atoms with Gasteiger partial charge in [-0.15, -0.1) is 0 Å². The van der Waals surface area contributed by atoms with Crippen molar-refractivity contribution >= 4 is 17.7 Å². The van der Waals surface area contributed by atoms with Crippen molar-refractivity contribution in [2.75, 3.05) is 7.11 Å². The lowest BCUT2D eigenvalue weighted by Gasteiger charge is -2.05. The van der Waals surface area contributed by atoms with E-state index in [-0.39, 0.29) is 5.56 Å². The van der Waals surface area contributed by atoms with E-state index in [1.165, 1.54) is 18.0 Å². The van der Waals surface area contributed by atoms with Gasteiger partial charge in [-0.25, -0.2) is 4.79 Å². The van der Waals surface area contributed by atoms with Crippen LogP contribution in [-0.4, -0.2) is 23.2 Å². The van der Waals surface area contributed by atoms with E-state index in [0.717, 1.165) is 15.7 Å². The van der Waals surface area contributed by atoms with Gasteiger partial charge < -0.3 is 14.8 Å². The summed E-state index contributed by atoms with van der Waals surface area (Å²) in [7, 11) is 1.61. The van der Waals surface area contributed by atoms with Gasteiger partial charge in [0, 0.05) is 6.20 Å². The van der Waals surface area contributed by atoms with Gasteiger partial charge in [0.2, 0.25) is 0 Å². The summed E-state index contributed by atoms with van der Waals surface area (Å²) in [6, 6.07) is 9.18. The maximum atomic E-state index is 10.7. The number of carboxylic acid groups (broad SMARTS) is 1. The Hall–Kier alpha value is -1.88. The molecule has 2 rings (SSSR count). The van der Waals surface area contributed by atoms with Crippen LogP contribution in [0, 0.1) is 0 Å². The Morgan fingerprint density at radius 1 is 1.41 bits per heavy atom. The highest BCUT2D eigenvalue weighted by atomic mass is 32.2. The van der Waals surface area contributed by atoms with Crippen LogP contribution < -0.4 is 4.74 Å². The predicted molar refractivity (Wildman–Crippen MR) is 64.9 cm³/mol. The van der Waals surface area contributed by atoms with Crippen LogP contribution >= 0.6 is 11.8 Å². The number of nitrogens with one attached hydrogen (secondary N) is 1. The fourth-order valence-corrected chi connectivity index (χ4v) is 2.32. The van der Waals surface area contributed by atoms with Crippen molar-refractivity contribution < 1.29 is 14.6 Å². The zero-order chi connectivity index (χ0) is 12.3. The number of aromatic amines is 1. The Morgan fingerprint density at radius 2 is 2.18 bits per heavy atom. The first-order valence-corrected chi connectivity index (χ1v) is 5.75. The molecule has 0 saturated heterocycles. The molecule has 1 aromatic carbocycles. The summed E-state index contributed by atoms with van der Waals surface area (Å²) in [6.07, 6.45) is 1.47. The van der Waals surface area contributed by atoms with Gasteiger partial charge in [-0.3, -0.25) is 0 Å². The summed E-state index contributed by atoms with van der Waals surface area (Å²) < 4.78 is 5.22. The minimum Gasteiger partial charge on any atom is -0.496 e. The topological polar surface area (TPSA) is 62.3 Å². The molecule has 0 aliphatic heterocycles. The Morgan fingerprint density at radius 3 is 2.82 bits per heavy atom. The van der Waals surface area contributed by atoms with Gasteiger partial charge in [0.15, 0.2) is 0 Å². The van der Waals surface area contributed by atoms with Crippen LogP contribution in [0.1, 0.15) is 10.4 Å². The van der Waals surface area contributed by atoms with E-state index in [9.17, 15) is 4.79 Å². The van der Waals surface area contributed by atoms with Crippen molar-refractivity contribution in [3.8, 4) is 5.75 Å². The number of carboxylic acids is 1. The summed E-state index contributed by atoms with van der Waals surface area (Å²) >= 11 is 1.43. The normalized spacial score (nSPS) is 10.2. The molecule has 0 unspecified atom stereocenters. The van der Waals surface area contributed by atoms with Crippen molar-refractivity contribution in [1.29, 1.82) is 0 Å². The third kappa shape index (κ3) is 2.62. The number of H-pyrrole nitrogens is 1. The van der Waals surface area contributed by atoms with Crippen LogP contribution in [0.15, 0.2) is 46.5 Å². The second-order valence-corrected chi connectivity index (χ2v) is 4.39. The molecule has 0 spiro atoms. The number of carbonyl (C=O) groups is 1. The van der Waals surface area contributed by atoms with E-state index in [0.29, 0.717) is 0 Å². The molecule has 5 heteroatoms. The van der Waals surface area contributed by atoms with E-state index >= 15 is 0 Å². The van der Waals surface area contributed by atoms with Crippen LogP contribution in [0.3, 0.4) is 0 Å². The smallest absolute Gasteiger partial charge is 0.337 e. The molecule has 2 aromatic rings. The molecule has 0 aliphatic carbocycles. The average molecular weight is 249 g/mol. The highest BCUT2D eigenvalue weighted by Crippen LogP contribution is 2.34. The molecule has 0 bridgehead atoms. The number of rotatable bonds is 4. The minimum atomic E-state index is -0.937. The zero-order valence-corrected chi connectivity index (χ0v) is 9.95. The first-order valence-electron chi connectivity index (χ1n) is 4.93. The monoisotopic (exact) mass is 249 g/mol. The van der Waals surface area contributed by atoms with Crippen molar-refractivity contribution in [3.05, 3.63) is 42.1 Å². The van der Waals surface area contributed by atoms with Crippen LogP contribution in [-0.2, 0) is 0 Å². The number of para-hydroxylation sites is 1. The van der Waals surface area contributed by atoms with Crippen molar-refractivity contribution in [2.45, 2.75) is 9.92 Å². The van der Waals surface area contributed by atoms with Crippen molar-refractivity contribution in [1.82, 2.24) is 4.98 Å². The van der Waals surface area contributed by atoms with E-state index < -0.39 is 5.97 Å². The lowest BCUT2D eigenvalue weighted by Crippen LogP contribution is -1.91. The van der Waals surface area contributed by atoms with Gasteiger partial charge in [-0.1, -0.05) is 23.9 Å². The summed E-state index contributed by atoms with van der Waals surface area (Å²) in [6.45, 7) is 0. The molecule has 1 aromatic heterocycles. The largest absolute Gasteiger partial charge is 0.496 e. The van der Waals surface area contributed by atoms with E-state index in [1.54, 1.807) is 13.2 Å². The average Bonchev–Trinajstić information content (AvgIpc) is 2.78. The highest BCUT2D eigenvalue weighted by molar-refractivity contribution is 7.99. The molecule has 4 nitrogen and oxygen atoms in total. The Bertz CT molecular complexity index is 536. The molecule has 0 atom stereocenters. The van der Waals surface area contributed by atoms with Gasteiger partial charge in [0.05, 0.1) is 22.6 Å². The summed E-state index contributed by atoms with van der Waals surface area (Å²) in [4.78, 5) is 14.6. The van der Waals surface area contributed by atoms with Crippen molar-refractivity contribution in [2.24, 2.45) is 0 Å². The van der Waals surface area contributed by atoms with Gasteiger partial charge in [0.25, 0.3) is 0 Å². The van der Waals surface area contributed by atoms with Gasteiger partial charge in [-0.05, 0) is 18.2 Å². The number of ether oxygens (including phenoxy) is 1. The molecule has 1 heterocycles. The fourth-order valence-electron chi connectivity index (χ4n) is 1.38. The highest BCUT2D eigenvalue weighted by Gasteiger charge is 2.09. The van der Waals surface area contributed by atoms with Gasteiger partial charge in [-0.2, -0.15) is 0 Å². The summed E-state index contributed by atoms with van der Waals surface area (Å²) in [5.74, 6) is -0.169. The Balaban J connectivity index is 2.22. The van der Waals surface area contributed by atoms with E-state index in [1.807, 2.05) is 24.3 Å². The first-order chi connectivity index (χ1) is 8.20. The SMILES string of the molecule is COc1ccccc1Sc1cc(C(=O)O)c[nH]1. The molecular formula is C12H11NO3S. The summed E-state index contributed by atoms with van der Waals surface area (Å²) in [5.41, 5.74) is 0.252. The maximum absolute atomic E-state index is 10.7. The zero-order valence-electron chi connectivity index (χ0n) is 9.14. The number of benzene rings is 1. The summed E-state index contributed by atoms with van der Waals surface area (Å²) in [5, 5.41) is 9.58. The van der Waals surface area contributed by atoms with Crippen LogP contribution in [0.2, 0.25) is 0 Å². The Kier molecular flexibility index (Phi) is 3.39. The molecule has 0 aliphatic rings. The molecule has 88 valence electrons. The number of aromatic nitrogens is 1.